The summed E-state index contributed by atoms with van der Waals surface area (Å²) < 4.78 is 26.7. The van der Waals surface area contributed by atoms with Crippen LogP contribution in [0.4, 0.5) is 5.69 Å². The summed E-state index contributed by atoms with van der Waals surface area (Å²) in [7, 11) is -3.90. The van der Waals surface area contributed by atoms with E-state index in [1.54, 1.807) is 0 Å². The third-order valence-electron chi connectivity index (χ3n) is 6.17. The first-order chi connectivity index (χ1) is 18.4. The number of benzene rings is 3. The van der Waals surface area contributed by atoms with Gasteiger partial charge in [-0.25, -0.2) is 8.42 Å². The zero-order valence-electron chi connectivity index (χ0n) is 22.4. The lowest BCUT2D eigenvalue weighted by Gasteiger charge is -2.34. The first kappa shape index (κ1) is 30.5. The molecule has 2 amide bonds. The SMILES string of the molecule is Cc1ccccc1CN(C(=O)CN(c1ccc(Cl)c(Cl)c1)S(C)(=O)=O)[C@@H](Cc1ccccc1)C(=O)NC(C)C. The predicted molar refractivity (Wildman–Crippen MR) is 158 cm³/mol. The van der Waals surface area contributed by atoms with Crippen LogP contribution in [0.5, 0.6) is 0 Å². The van der Waals surface area contributed by atoms with Gasteiger partial charge in [-0.15, -0.1) is 0 Å². The molecule has 0 aliphatic heterocycles. The van der Waals surface area contributed by atoms with Crippen molar-refractivity contribution in [2.24, 2.45) is 0 Å². The van der Waals surface area contributed by atoms with Gasteiger partial charge in [-0.2, -0.15) is 0 Å². The van der Waals surface area contributed by atoms with Gasteiger partial charge in [0.1, 0.15) is 12.6 Å². The van der Waals surface area contributed by atoms with Gasteiger partial charge >= 0.3 is 0 Å². The first-order valence-corrected chi connectivity index (χ1v) is 15.1. The molecule has 3 rings (SSSR count). The van der Waals surface area contributed by atoms with Crippen LogP contribution in [-0.4, -0.2) is 50.0 Å². The van der Waals surface area contributed by atoms with E-state index in [0.717, 1.165) is 27.3 Å². The minimum atomic E-state index is -3.90. The van der Waals surface area contributed by atoms with E-state index in [2.05, 4.69) is 5.32 Å². The molecule has 0 radical (unpaired) electrons. The highest BCUT2D eigenvalue weighted by Gasteiger charge is 2.33. The largest absolute Gasteiger partial charge is 0.352 e. The molecule has 0 bridgehead atoms. The monoisotopic (exact) mass is 589 g/mol. The highest BCUT2D eigenvalue weighted by molar-refractivity contribution is 7.92. The van der Waals surface area contributed by atoms with Crippen molar-refractivity contribution >= 4 is 50.7 Å². The van der Waals surface area contributed by atoms with Crippen molar-refractivity contribution in [3.05, 3.63) is 99.5 Å². The molecule has 0 fully saturated rings. The second-order valence-electron chi connectivity index (χ2n) is 9.68. The molecular weight excluding hydrogens is 557 g/mol. The minimum absolute atomic E-state index is 0.119. The Labute approximate surface area is 240 Å². The number of hydrogen-bond donors (Lipinski definition) is 1. The van der Waals surface area contributed by atoms with Crippen LogP contribution in [-0.2, 0) is 32.6 Å². The number of nitrogens with zero attached hydrogens (tertiary/aromatic N) is 2. The van der Waals surface area contributed by atoms with E-state index < -0.39 is 28.5 Å². The second kappa shape index (κ2) is 13.3. The average molecular weight is 591 g/mol. The van der Waals surface area contributed by atoms with Crippen LogP contribution in [0.3, 0.4) is 0 Å². The van der Waals surface area contributed by atoms with Crippen LogP contribution in [0.2, 0.25) is 10.0 Å². The van der Waals surface area contributed by atoms with Crippen LogP contribution in [0, 0.1) is 6.92 Å². The maximum absolute atomic E-state index is 14.0. The zero-order valence-corrected chi connectivity index (χ0v) is 24.7. The number of carbonyl (C=O) groups is 2. The molecule has 0 saturated carbocycles. The van der Waals surface area contributed by atoms with E-state index in [4.69, 9.17) is 23.2 Å². The molecule has 0 saturated heterocycles. The van der Waals surface area contributed by atoms with Crippen molar-refractivity contribution in [3.8, 4) is 0 Å². The molecule has 3 aromatic carbocycles. The summed E-state index contributed by atoms with van der Waals surface area (Å²) in [5.74, 6) is -0.856. The number of rotatable bonds is 11. The Morgan fingerprint density at radius 1 is 0.923 bits per heavy atom. The summed E-state index contributed by atoms with van der Waals surface area (Å²) >= 11 is 12.2. The smallest absolute Gasteiger partial charge is 0.244 e. The molecule has 1 atom stereocenters. The Hall–Kier alpha value is -3.07. The van der Waals surface area contributed by atoms with Gasteiger partial charge in [-0.3, -0.25) is 13.9 Å². The highest BCUT2D eigenvalue weighted by Crippen LogP contribution is 2.29. The third-order valence-corrected chi connectivity index (χ3v) is 8.05. The summed E-state index contributed by atoms with van der Waals surface area (Å²) in [5.41, 5.74) is 2.86. The highest BCUT2D eigenvalue weighted by atomic mass is 35.5. The summed E-state index contributed by atoms with van der Waals surface area (Å²) in [5, 5.41) is 3.35. The molecule has 0 spiro atoms. The van der Waals surface area contributed by atoms with E-state index in [9.17, 15) is 18.0 Å². The van der Waals surface area contributed by atoms with Gasteiger partial charge in [-0.05, 0) is 55.7 Å². The van der Waals surface area contributed by atoms with E-state index in [1.165, 1.54) is 23.1 Å². The lowest BCUT2D eigenvalue weighted by molar-refractivity contribution is -0.140. The fourth-order valence-electron chi connectivity index (χ4n) is 4.16. The van der Waals surface area contributed by atoms with Gasteiger partial charge in [0.15, 0.2) is 0 Å². The van der Waals surface area contributed by atoms with E-state index in [1.807, 2.05) is 75.4 Å². The number of aryl methyl sites for hydroxylation is 1. The van der Waals surface area contributed by atoms with Crippen LogP contribution in [0.25, 0.3) is 0 Å². The molecule has 1 N–H and O–H groups in total. The Morgan fingerprint density at radius 2 is 1.56 bits per heavy atom. The lowest BCUT2D eigenvalue weighted by Crippen LogP contribution is -2.54. The maximum Gasteiger partial charge on any atom is 0.244 e. The minimum Gasteiger partial charge on any atom is -0.352 e. The Kier molecular flexibility index (Phi) is 10.4. The summed E-state index contributed by atoms with van der Waals surface area (Å²) in [4.78, 5) is 29.0. The topological polar surface area (TPSA) is 86.8 Å². The van der Waals surface area contributed by atoms with Crippen molar-refractivity contribution in [3.63, 3.8) is 0 Å². The van der Waals surface area contributed by atoms with Gasteiger partial charge in [-0.1, -0.05) is 77.8 Å². The Balaban J connectivity index is 2.08. The van der Waals surface area contributed by atoms with Gasteiger partial charge in [0.2, 0.25) is 21.8 Å². The molecule has 7 nitrogen and oxygen atoms in total. The lowest BCUT2D eigenvalue weighted by atomic mass is 10.0. The average Bonchev–Trinajstić information content (AvgIpc) is 2.87. The second-order valence-corrected chi connectivity index (χ2v) is 12.4. The summed E-state index contributed by atoms with van der Waals surface area (Å²) in [6.07, 6.45) is 1.27. The molecule has 3 aromatic rings. The summed E-state index contributed by atoms with van der Waals surface area (Å²) in [6, 6.07) is 20.3. The van der Waals surface area contributed by atoms with Crippen molar-refractivity contribution in [1.29, 1.82) is 0 Å². The summed E-state index contributed by atoms with van der Waals surface area (Å²) in [6.45, 7) is 5.22. The first-order valence-electron chi connectivity index (χ1n) is 12.5. The molecule has 0 aliphatic rings. The molecule has 208 valence electrons. The molecule has 0 unspecified atom stereocenters. The van der Waals surface area contributed by atoms with Crippen molar-refractivity contribution in [2.45, 2.75) is 45.8 Å². The van der Waals surface area contributed by atoms with Crippen LogP contribution >= 0.6 is 23.2 Å². The third kappa shape index (κ3) is 8.46. The van der Waals surface area contributed by atoms with Gasteiger partial charge < -0.3 is 10.2 Å². The maximum atomic E-state index is 14.0. The van der Waals surface area contributed by atoms with Crippen LogP contribution in [0.1, 0.15) is 30.5 Å². The molecular formula is C29H33Cl2N3O4S. The van der Waals surface area contributed by atoms with E-state index >= 15 is 0 Å². The number of amides is 2. The van der Waals surface area contributed by atoms with Crippen molar-refractivity contribution < 1.29 is 18.0 Å². The number of sulfonamides is 1. The van der Waals surface area contributed by atoms with Gasteiger partial charge in [0.25, 0.3) is 0 Å². The van der Waals surface area contributed by atoms with Crippen molar-refractivity contribution in [1.82, 2.24) is 10.2 Å². The fraction of sp³-hybridized carbons (Fsp3) is 0.310. The number of nitrogens with one attached hydrogen (secondary N) is 1. The molecule has 0 aliphatic carbocycles. The number of hydrogen-bond acceptors (Lipinski definition) is 4. The zero-order chi connectivity index (χ0) is 28.7. The normalized spacial score (nSPS) is 12.2. The van der Waals surface area contributed by atoms with E-state index in [-0.39, 0.29) is 40.6 Å². The number of anilines is 1. The van der Waals surface area contributed by atoms with Crippen LogP contribution < -0.4 is 9.62 Å². The Morgan fingerprint density at radius 3 is 2.15 bits per heavy atom. The molecule has 39 heavy (non-hydrogen) atoms. The molecule has 0 aromatic heterocycles. The fourth-order valence-corrected chi connectivity index (χ4v) is 5.29. The quantitative estimate of drug-likeness (QED) is 0.331. The van der Waals surface area contributed by atoms with Gasteiger partial charge in [0, 0.05) is 19.0 Å². The van der Waals surface area contributed by atoms with Crippen LogP contribution in [0.15, 0.2) is 72.8 Å². The standard InChI is InChI=1S/C29H33Cl2N3O4S/c1-20(2)32-29(36)27(16-22-11-6-5-7-12-22)33(18-23-13-9-8-10-21(23)3)28(35)19-34(39(4,37)38)24-14-15-25(30)26(31)17-24/h5-15,17,20,27H,16,18-19H2,1-4H3,(H,32,36)/t27-/m0/s1. The number of halogens is 2. The molecule has 10 heteroatoms. The van der Waals surface area contributed by atoms with E-state index in [0.29, 0.717) is 0 Å². The number of carbonyl (C=O) groups excluding carboxylic acids is 2. The Bertz CT molecular complexity index is 1420. The molecule has 0 heterocycles. The van der Waals surface area contributed by atoms with Gasteiger partial charge in [0.05, 0.1) is 22.0 Å². The predicted octanol–water partition coefficient (Wildman–Crippen LogP) is 5.23. The van der Waals surface area contributed by atoms with Crippen molar-refractivity contribution in [2.75, 3.05) is 17.1 Å².